The molecule has 3 N–H and O–H groups in total. The number of hydrogen-bond acceptors (Lipinski definition) is 5. The fraction of sp³-hybridized carbons (Fsp3) is 0.176. The smallest absolute Gasteiger partial charge is 0.408 e. The summed E-state index contributed by atoms with van der Waals surface area (Å²) in [5, 5.41) is 2.69. The first-order valence-corrected chi connectivity index (χ1v) is 9.56. The van der Waals surface area contributed by atoms with Crippen molar-refractivity contribution in [2.45, 2.75) is 13.3 Å². The first-order chi connectivity index (χ1) is 12.4. The largest absolute Gasteiger partial charge is 0.417 e. The zero-order valence-corrected chi connectivity index (χ0v) is 14.7. The van der Waals surface area contributed by atoms with Crippen LogP contribution >= 0.6 is 0 Å². The van der Waals surface area contributed by atoms with Crippen LogP contribution in [-0.4, -0.2) is 25.1 Å². The van der Waals surface area contributed by atoms with Crippen molar-refractivity contribution in [1.82, 2.24) is 4.98 Å². The van der Waals surface area contributed by atoms with E-state index in [0.717, 1.165) is 0 Å². The molecule has 0 aliphatic carbocycles. The lowest BCUT2D eigenvalue weighted by Gasteiger charge is -2.09. The summed E-state index contributed by atoms with van der Waals surface area (Å²) >= 11 is 0. The van der Waals surface area contributed by atoms with E-state index in [-0.39, 0.29) is 5.75 Å². The molecule has 0 saturated carbocycles. The van der Waals surface area contributed by atoms with Crippen LogP contribution in [0.4, 0.5) is 11.4 Å². The van der Waals surface area contributed by atoms with Crippen LogP contribution in [0.3, 0.4) is 0 Å². The molecule has 0 bridgehead atoms. The molecule has 2 aromatic carbocycles. The lowest BCUT2D eigenvalue weighted by Crippen LogP contribution is -2.17. The van der Waals surface area contributed by atoms with E-state index < -0.39 is 21.7 Å². The molecule has 0 saturated heterocycles. The van der Waals surface area contributed by atoms with Gasteiger partial charge in [-0.2, -0.15) is 0 Å². The molecule has 0 unspecified atom stereocenters. The number of hydrogen-bond donors (Lipinski definition) is 3. The molecule has 0 radical (unpaired) electrons. The Morgan fingerprint density at radius 3 is 2.73 bits per heavy atom. The Morgan fingerprint density at radius 1 is 1.15 bits per heavy atom. The zero-order valence-electron chi connectivity index (χ0n) is 13.9. The highest BCUT2D eigenvalue weighted by Crippen LogP contribution is 2.18. The standard InChI is InChI=1S/C17H17N3O5S/c1-2-8-26(23,24)20-13-5-3-4-11(9-13)16(21)18-12-6-7-15-14(10-12)19-17(22)25-15/h3-7,9-10,20H,2,8H2,1H3,(H,18,21)(H,19,22). The Hall–Kier alpha value is -3.07. The Morgan fingerprint density at radius 2 is 1.96 bits per heavy atom. The maximum atomic E-state index is 12.4. The molecule has 0 atom stereocenters. The normalized spacial score (nSPS) is 11.4. The number of aromatic nitrogens is 1. The summed E-state index contributed by atoms with van der Waals surface area (Å²) in [7, 11) is -3.43. The number of carbonyl (C=O) groups excluding carboxylic acids is 1. The molecule has 1 aromatic heterocycles. The van der Waals surface area contributed by atoms with E-state index in [1.165, 1.54) is 6.07 Å². The van der Waals surface area contributed by atoms with Gasteiger partial charge in [0.05, 0.1) is 11.3 Å². The van der Waals surface area contributed by atoms with Crippen LogP contribution in [0.1, 0.15) is 23.7 Å². The third kappa shape index (κ3) is 4.12. The van der Waals surface area contributed by atoms with Gasteiger partial charge >= 0.3 is 5.76 Å². The van der Waals surface area contributed by atoms with Gasteiger partial charge in [-0.15, -0.1) is 0 Å². The average Bonchev–Trinajstić information content (AvgIpc) is 2.93. The minimum Gasteiger partial charge on any atom is -0.408 e. The van der Waals surface area contributed by atoms with Crippen LogP contribution in [-0.2, 0) is 10.0 Å². The van der Waals surface area contributed by atoms with Gasteiger partial charge in [-0.05, 0) is 42.8 Å². The van der Waals surface area contributed by atoms with Crippen LogP contribution in [0.25, 0.3) is 11.1 Å². The lowest BCUT2D eigenvalue weighted by atomic mass is 10.2. The summed E-state index contributed by atoms with van der Waals surface area (Å²) in [5.74, 6) is -0.978. The maximum Gasteiger partial charge on any atom is 0.417 e. The van der Waals surface area contributed by atoms with E-state index in [9.17, 15) is 18.0 Å². The molecule has 0 spiro atoms. The molecular formula is C17H17N3O5S. The van der Waals surface area contributed by atoms with E-state index in [4.69, 9.17) is 4.42 Å². The lowest BCUT2D eigenvalue weighted by molar-refractivity contribution is 0.102. The van der Waals surface area contributed by atoms with E-state index in [1.807, 2.05) is 0 Å². The Kier molecular flexibility index (Phi) is 4.81. The molecule has 0 aliphatic heterocycles. The van der Waals surface area contributed by atoms with Gasteiger partial charge in [0.25, 0.3) is 5.91 Å². The van der Waals surface area contributed by atoms with Gasteiger partial charge in [0.1, 0.15) is 0 Å². The van der Waals surface area contributed by atoms with Crippen molar-refractivity contribution in [2.24, 2.45) is 0 Å². The van der Waals surface area contributed by atoms with E-state index in [0.29, 0.717) is 34.5 Å². The SMILES string of the molecule is CCCS(=O)(=O)Nc1cccc(C(=O)Nc2ccc3oc(=O)[nH]c3c2)c1. The monoisotopic (exact) mass is 375 g/mol. The Bertz CT molecular complexity index is 1110. The summed E-state index contributed by atoms with van der Waals surface area (Å²) in [6.45, 7) is 1.77. The number of benzene rings is 2. The molecule has 0 fully saturated rings. The van der Waals surface area contributed by atoms with Crippen molar-refractivity contribution in [3.63, 3.8) is 0 Å². The summed E-state index contributed by atoms with van der Waals surface area (Å²) in [6, 6.07) is 10.9. The molecule has 1 heterocycles. The van der Waals surface area contributed by atoms with E-state index in [1.54, 1.807) is 43.3 Å². The molecule has 0 aliphatic rings. The molecule has 3 rings (SSSR count). The van der Waals surface area contributed by atoms with Crippen LogP contribution in [0.5, 0.6) is 0 Å². The fourth-order valence-corrected chi connectivity index (χ4v) is 3.58. The molecule has 26 heavy (non-hydrogen) atoms. The van der Waals surface area contributed by atoms with Gasteiger partial charge in [-0.3, -0.25) is 14.5 Å². The maximum absolute atomic E-state index is 12.4. The highest BCUT2D eigenvalue weighted by atomic mass is 32.2. The van der Waals surface area contributed by atoms with Crippen LogP contribution in [0.15, 0.2) is 51.7 Å². The van der Waals surface area contributed by atoms with Gasteiger partial charge in [-0.1, -0.05) is 13.0 Å². The minimum absolute atomic E-state index is 0.00629. The number of nitrogens with one attached hydrogen (secondary N) is 3. The molecule has 8 nitrogen and oxygen atoms in total. The van der Waals surface area contributed by atoms with Crippen LogP contribution < -0.4 is 15.8 Å². The second-order valence-electron chi connectivity index (χ2n) is 5.68. The Labute approximate surface area is 149 Å². The predicted octanol–water partition coefficient (Wildman–Crippen LogP) is 2.53. The first-order valence-electron chi connectivity index (χ1n) is 7.91. The second kappa shape index (κ2) is 7.04. The van der Waals surface area contributed by atoms with Gasteiger partial charge in [0.15, 0.2) is 5.58 Å². The third-order valence-electron chi connectivity index (χ3n) is 3.55. The second-order valence-corrected chi connectivity index (χ2v) is 7.52. The summed E-state index contributed by atoms with van der Waals surface area (Å²) in [5.41, 5.74) is 1.94. The number of H-pyrrole nitrogens is 1. The zero-order chi connectivity index (χ0) is 18.7. The number of amides is 1. The highest BCUT2D eigenvalue weighted by Gasteiger charge is 2.12. The summed E-state index contributed by atoms with van der Waals surface area (Å²) < 4.78 is 31.0. The first kappa shape index (κ1) is 17.7. The molecule has 1 amide bonds. The summed E-state index contributed by atoms with van der Waals surface area (Å²) in [6.07, 6.45) is 0.494. The van der Waals surface area contributed by atoms with Crippen molar-refractivity contribution in [3.05, 3.63) is 58.6 Å². The number of aromatic amines is 1. The van der Waals surface area contributed by atoms with Gasteiger partial charge in [0.2, 0.25) is 10.0 Å². The number of carbonyl (C=O) groups is 1. The minimum atomic E-state index is -3.43. The van der Waals surface area contributed by atoms with Gasteiger partial charge in [0, 0.05) is 16.9 Å². The quantitative estimate of drug-likeness (QED) is 0.611. The highest BCUT2D eigenvalue weighted by molar-refractivity contribution is 7.92. The molecule has 136 valence electrons. The number of anilines is 2. The number of sulfonamides is 1. The molecule has 3 aromatic rings. The Balaban J connectivity index is 1.78. The molecule has 9 heteroatoms. The van der Waals surface area contributed by atoms with Crippen molar-refractivity contribution < 1.29 is 17.6 Å². The van der Waals surface area contributed by atoms with Crippen molar-refractivity contribution >= 4 is 38.4 Å². The number of rotatable bonds is 6. The van der Waals surface area contributed by atoms with Gasteiger partial charge < -0.3 is 9.73 Å². The predicted molar refractivity (Wildman–Crippen MR) is 98.9 cm³/mol. The van der Waals surface area contributed by atoms with Gasteiger partial charge in [-0.25, -0.2) is 13.2 Å². The van der Waals surface area contributed by atoms with Crippen molar-refractivity contribution in [2.75, 3.05) is 15.8 Å². The number of fused-ring (bicyclic) bond motifs is 1. The van der Waals surface area contributed by atoms with Crippen LogP contribution in [0, 0.1) is 0 Å². The number of oxazole rings is 1. The summed E-state index contributed by atoms with van der Waals surface area (Å²) in [4.78, 5) is 26.1. The van der Waals surface area contributed by atoms with E-state index in [2.05, 4.69) is 15.0 Å². The van der Waals surface area contributed by atoms with Crippen molar-refractivity contribution in [1.29, 1.82) is 0 Å². The van der Waals surface area contributed by atoms with Crippen molar-refractivity contribution in [3.8, 4) is 0 Å². The van der Waals surface area contributed by atoms with E-state index >= 15 is 0 Å². The topological polar surface area (TPSA) is 121 Å². The molecular weight excluding hydrogens is 358 g/mol. The van der Waals surface area contributed by atoms with Crippen LogP contribution in [0.2, 0.25) is 0 Å². The fourth-order valence-electron chi connectivity index (χ4n) is 2.46. The average molecular weight is 375 g/mol. The third-order valence-corrected chi connectivity index (χ3v) is 5.04.